The monoisotopic (exact) mass is 424 g/mol. The predicted molar refractivity (Wildman–Crippen MR) is 112 cm³/mol. The number of aryl methyl sites for hydroxylation is 1. The molecule has 0 radical (unpaired) electrons. The van der Waals surface area contributed by atoms with Gasteiger partial charge in [0.15, 0.2) is 6.61 Å². The summed E-state index contributed by atoms with van der Waals surface area (Å²) in [4.78, 5) is 35.3. The third kappa shape index (κ3) is 6.02. The van der Waals surface area contributed by atoms with Crippen LogP contribution >= 0.6 is 0 Å². The van der Waals surface area contributed by atoms with Gasteiger partial charge in [-0.15, -0.1) is 0 Å². The number of hydrogen-bond acceptors (Lipinski definition) is 5. The first kappa shape index (κ1) is 21.8. The lowest BCUT2D eigenvalue weighted by Gasteiger charge is -2.07. The molecule has 0 fully saturated rings. The average molecular weight is 424 g/mol. The Hall–Kier alpha value is -3.94. The first-order valence-electron chi connectivity index (χ1n) is 9.57. The molecule has 2 amide bonds. The van der Waals surface area contributed by atoms with E-state index in [9.17, 15) is 18.8 Å². The van der Waals surface area contributed by atoms with Crippen molar-refractivity contribution in [2.75, 3.05) is 19.0 Å². The Balaban J connectivity index is 1.43. The van der Waals surface area contributed by atoms with Gasteiger partial charge in [-0.1, -0.05) is 12.1 Å². The minimum atomic E-state index is -0.561. The summed E-state index contributed by atoms with van der Waals surface area (Å²) in [6.07, 6.45) is 0.272. The summed E-state index contributed by atoms with van der Waals surface area (Å²) in [5.74, 6) is -0.796. The van der Waals surface area contributed by atoms with Crippen molar-refractivity contribution in [3.05, 3.63) is 77.8 Å². The molecular formula is C23H21FN2O5. The van der Waals surface area contributed by atoms with Crippen molar-refractivity contribution in [2.24, 2.45) is 0 Å². The summed E-state index contributed by atoms with van der Waals surface area (Å²) in [7, 11) is 1.53. The Morgan fingerprint density at radius 2 is 1.74 bits per heavy atom. The molecule has 0 aliphatic rings. The fourth-order valence-electron chi connectivity index (χ4n) is 2.81. The summed E-state index contributed by atoms with van der Waals surface area (Å²) in [6.45, 7) is -0.436. The highest BCUT2D eigenvalue weighted by atomic mass is 19.1. The Bertz CT molecular complexity index is 1080. The molecule has 3 aromatic rings. The third-order valence-electron chi connectivity index (χ3n) is 4.40. The molecule has 1 aromatic heterocycles. The van der Waals surface area contributed by atoms with E-state index in [4.69, 9.17) is 9.15 Å². The van der Waals surface area contributed by atoms with Crippen LogP contribution in [0.4, 0.5) is 10.1 Å². The molecule has 8 heteroatoms. The smallest absolute Gasteiger partial charge is 0.306 e. The van der Waals surface area contributed by atoms with Crippen LogP contribution < -0.4 is 10.6 Å². The molecule has 2 N–H and O–H groups in total. The Labute approximate surface area is 178 Å². The zero-order valence-corrected chi connectivity index (χ0v) is 16.8. The number of hydrogen-bond donors (Lipinski definition) is 2. The fourth-order valence-corrected chi connectivity index (χ4v) is 2.81. The van der Waals surface area contributed by atoms with E-state index in [2.05, 4.69) is 10.6 Å². The van der Waals surface area contributed by atoms with Crippen LogP contribution in [0.15, 0.2) is 65.1 Å². The summed E-state index contributed by atoms with van der Waals surface area (Å²) < 4.78 is 24.4. The van der Waals surface area contributed by atoms with Crippen LogP contribution in [-0.2, 0) is 20.7 Å². The second-order valence-corrected chi connectivity index (χ2v) is 6.61. The molecule has 0 bridgehead atoms. The summed E-state index contributed by atoms with van der Waals surface area (Å²) in [5, 5.41) is 5.08. The zero-order valence-electron chi connectivity index (χ0n) is 16.8. The van der Waals surface area contributed by atoms with Crippen LogP contribution in [0.2, 0.25) is 0 Å². The maximum absolute atomic E-state index is 13.8. The van der Waals surface area contributed by atoms with Gasteiger partial charge < -0.3 is 19.8 Å². The molecule has 31 heavy (non-hydrogen) atoms. The number of carbonyl (C=O) groups is 3. The predicted octanol–water partition coefficient (Wildman–Crippen LogP) is 3.56. The maximum atomic E-state index is 13.8. The van der Waals surface area contributed by atoms with Crippen LogP contribution in [0, 0.1) is 5.82 Å². The Morgan fingerprint density at radius 1 is 1.00 bits per heavy atom. The first-order chi connectivity index (χ1) is 15.0. The van der Waals surface area contributed by atoms with Gasteiger partial charge in [-0.3, -0.25) is 14.4 Å². The number of carbonyl (C=O) groups excluding carboxylic acids is 3. The lowest BCUT2D eigenvalue weighted by atomic mass is 10.1. The third-order valence-corrected chi connectivity index (χ3v) is 4.40. The molecular weight excluding hydrogens is 403 g/mol. The van der Waals surface area contributed by atoms with E-state index in [1.54, 1.807) is 54.6 Å². The normalized spacial score (nSPS) is 10.4. The van der Waals surface area contributed by atoms with E-state index in [-0.39, 0.29) is 18.7 Å². The number of anilines is 1. The number of nitrogens with one attached hydrogen (secondary N) is 2. The van der Waals surface area contributed by atoms with E-state index in [0.29, 0.717) is 28.3 Å². The number of rotatable bonds is 8. The van der Waals surface area contributed by atoms with Crippen molar-refractivity contribution >= 4 is 23.5 Å². The molecule has 160 valence electrons. The summed E-state index contributed by atoms with van der Waals surface area (Å²) in [5.41, 5.74) is 1.28. The molecule has 0 saturated heterocycles. The van der Waals surface area contributed by atoms with Gasteiger partial charge >= 0.3 is 5.97 Å². The number of furan rings is 1. The van der Waals surface area contributed by atoms with Crippen LogP contribution in [0.1, 0.15) is 22.5 Å². The van der Waals surface area contributed by atoms with E-state index >= 15 is 0 Å². The van der Waals surface area contributed by atoms with Gasteiger partial charge in [0.25, 0.3) is 11.8 Å². The molecule has 0 unspecified atom stereocenters. The van der Waals surface area contributed by atoms with E-state index in [0.717, 1.165) is 0 Å². The highest BCUT2D eigenvalue weighted by Gasteiger charge is 2.12. The van der Waals surface area contributed by atoms with Gasteiger partial charge in [0, 0.05) is 24.7 Å². The van der Waals surface area contributed by atoms with Gasteiger partial charge in [-0.2, -0.15) is 0 Å². The lowest BCUT2D eigenvalue weighted by molar-refractivity contribution is -0.147. The zero-order chi connectivity index (χ0) is 22.2. The standard InChI is InChI=1S/C23H21FN2O5/c1-25-23(29)15-6-8-16(9-7-15)26-21(27)14-30-22(28)13-11-17-10-12-20(31-17)18-4-2-3-5-19(18)24/h2-10,12H,11,13-14H2,1H3,(H,25,29)(H,26,27). The minimum absolute atomic E-state index is 0.0122. The van der Waals surface area contributed by atoms with Gasteiger partial charge in [-0.05, 0) is 48.5 Å². The Kier molecular flexibility index (Phi) is 7.16. The van der Waals surface area contributed by atoms with E-state index < -0.39 is 24.3 Å². The Morgan fingerprint density at radius 3 is 2.45 bits per heavy atom. The lowest BCUT2D eigenvalue weighted by Crippen LogP contribution is -2.21. The van der Waals surface area contributed by atoms with Gasteiger partial charge in [0.1, 0.15) is 17.3 Å². The molecule has 0 saturated carbocycles. The molecule has 2 aromatic carbocycles. The van der Waals surface area contributed by atoms with Crippen LogP contribution in [0.5, 0.6) is 0 Å². The summed E-state index contributed by atoms with van der Waals surface area (Å²) in [6, 6.07) is 15.9. The van der Waals surface area contributed by atoms with Crippen LogP contribution in [-0.4, -0.2) is 31.4 Å². The number of halogens is 1. The second-order valence-electron chi connectivity index (χ2n) is 6.61. The fraction of sp³-hybridized carbons (Fsp3) is 0.174. The van der Waals surface area contributed by atoms with Crippen molar-refractivity contribution in [1.82, 2.24) is 5.32 Å². The van der Waals surface area contributed by atoms with Gasteiger partial charge in [0.2, 0.25) is 0 Å². The number of ether oxygens (including phenoxy) is 1. The molecule has 0 aliphatic carbocycles. The van der Waals surface area contributed by atoms with Crippen molar-refractivity contribution in [1.29, 1.82) is 0 Å². The van der Waals surface area contributed by atoms with Crippen molar-refractivity contribution in [3.8, 4) is 11.3 Å². The van der Waals surface area contributed by atoms with Crippen LogP contribution in [0.25, 0.3) is 11.3 Å². The van der Waals surface area contributed by atoms with Crippen molar-refractivity contribution in [3.63, 3.8) is 0 Å². The van der Waals surface area contributed by atoms with Gasteiger partial charge in [0.05, 0.1) is 12.0 Å². The highest BCUT2D eigenvalue weighted by molar-refractivity contribution is 5.96. The number of esters is 1. The molecule has 3 rings (SSSR count). The van der Waals surface area contributed by atoms with E-state index in [1.807, 2.05) is 0 Å². The quantitative estimate of drug-likeness (QED) is 0.539. The van der Waals surface area contributed by atoms with Crippen LogP contribution in [0.3, 0.4) is 0 Å². The molecule has 0 aliphatic heterocycles. The maximum Gasteiger partial charge on any atom is 0.306 e. The van der Waals surface area contributed by atoms with E-state index in [1.165, 1.54) is 13.1 Å². The topological polar surface area (TPSA) is 97.6 Å². The number of amides is 2. The first-order valence-corrected chi connectivity index (χ1v) is 9.57. The minimum Gasteiger partial charge on any atom is -0.461 e. The molecule has 0 spiro atoms. The largest absolute Gasteiger partial charge is 0.461 e. The molecule has 7 nitrogen and oxygen atoms in total. The number of benzene rings is 2. The average Bonchev–Trinajstić information content (AvgIpc) is 3.25. The van der Waals surface area contributed by atoms with Crippen molar-refractivity contribution in [2.45, 2.75) is 12.8 Å². The van der Waals surface area contributed by atoms with Crippen molar-refractivity contribution < 1.29 is 27.9 Å². The second kappa shape index (κ2) is 10.2. The van der Waals surface area contributed by atoms with Gasteiger partial charge in [-0.25, -0.2) is 4.39 Å². The SMILES string of the molecule is CNC(=O)c1ccc(NC(=O)COC(=O)CCc2ccc(-c3ccccc3F)o2)cc1. The highest BCUT2D eigenvalue weighted by Crippen LogP contribution is 2.25. The molecule has 0 atom stereocenters. The molecule has 1 heterocycles. The summed E-state index contributed by atoms with van der Waals surface area (Å²) >= 11 is 0.